The normalized spacial score (nSPS) is 11.6. The lowest BCUT2D eigenvalue weighted by atomic mass is 9.97. The molecule has 0 aliphatic heterocycles. The van der Waals surface area contributed by atoms with Gasteiger partial charge in [0.05, 0.1) is 6.26 Å². The molecule has 0 radical (unpaired) electrons. The zero-order chi connectivity index (χ0) is 18.1. The Balaban J connectivity index is 1.85. The van der Waals surface area contributed by atoms with Gasteiger partial charge in [0.2, 0.25) is 10.0 Å². The summed E-state index contributed by atoms with van der Waals surface area (Å²) in [7, 11) is -3.30. The maximum atomic E-state index is 11.4. The number of hydrogen-bond acceptors (Lipinski definition) is 4. The highest BCUT2D eigenvalue weighted by atomic mass is 32.2. The van der Waals surface area contributed by atoms with Crippen molar-refractivity contribution in [1.82, 2.24) is 14.4 Å². The van der Waals surface area contributed by atoms with E-state index in [4.69, 9.17) is 0 Å². The van der Waals surface area contributed by atoms with Gasteiger partial charge >= 0.3 is 0 Å². The van der Waals surface area contributed by atoms with Crippen LogP contribution in [0.3, 0.4) is 0 Å². The van der Waals surface area contributed by atoms with Crippen LogP contribution in [0.5, 0.6) is 0 Å². The molecular formula is C19H16N4O2S. The summed E-state index contributed by atoms with van der Waals surface area (Å²) >= 11 is 0. The van der Waals surface area contributed by atoms with Gasteiger partial charge in [-0.1, -0.05) is 18.2 Å². The van der Waals surface area contributed by atoms with Gasteiger partial charge in [-0.05, 0) is 35.4 Å². The van der Waals surface area contributed by atoms with Gasteiger partial charge in [-0.3, -0.25) is 9.71 Å². The molecule has 3 heterocycles. The van der Waals surface area contributed by atoms with Crippen LogP contribution in [0.15, 0.2) is 73.4 Å². The Morgan fingerprint density at radius 3 is 2.50 bits per heavy atom. The number of fused-ring (bicyclic) bond motifs is 1. The first-order valence-corrected chi connectivity index (χ1v) is 9.84. The van der Waals surface area contributed by atoms with E-state index in [9.17, 15) is 8.42 Å². The monoisotopic (exact) mass is 364 g/mol. The van der Waals surface area contributed by atoms with Gasteiger partial charge in [0.15, 0.2) is 0 Å². The number of nitrogens with one attached hydrogen (secondary N) is 1. The summed E-state index contributed by atoms with van der Waals surface area (Å²) in [5, 5.41) is 0. The smallest absolute Gasteiger partial charge is 0.229 e. The van der Waals surface area contributed by atoms with Crippen LogP contribution in [0.1, 0.15) is 0 Å². The van der Waals surface area contributed by atoms with Crippen LogP contribution in [-0.2, 0) is 10.0 Å². The van der Waals surface area contributed by atoms with Gasteiger partial charge in [-0.2, -0.15) is 0 Å². The summed E-state index contributed by atoms with van der Waals surface area (Å²) in [6.07, 6.45) is 10.4. The molecule has 6 nitrogen and oxygen atoms in total. The van der Waals surface area contributed by atoms with Crippen molar-refractivity contribution in [3.05, 3.63) is 73.4 Å². The molecule has 0 fully saturated rings. The van der Waals surface area contributed by atoms with Gasteiger partial charge in [-0.25, -0.2) is 13.4 Å². The predicted molar refractivity (Wildman–Crippen MR) is 102 cm³/mol. The van der Waals surface area contributed by atoms with Crippen LogP contribution < -0.4 is 4.72 Å². The first kappa shape index (κ1) is 16.3. The number of aromatic nitrogens is 3. The minimum absolute atomic E-state index is 0.529. The number of imidazole rings is 1. The highest BCUT2D eigenvalue weighted by Gasteiger charge is 2.11. The Labute approximate surface area is 151 Å². The molecule has 0 bridgehead atoms. The van der Waals surface area contributed by atoms with Gasteiger partial charge in [0.1, 0.15) is 5.65 Å². The molecule has 1 N–H and O–H groups in total. The van der Waals surface area contributed by atoms with E-state index in [1.807, 2.05) is 53.3 Å². The van der Waals surface area contributed by atoms with E-state index >= 15 is 0 Å². The van der Waals surface area contributed by atoms with E-state index in [1.54, 1.807) is 24.5 Å². The van der Waals surface area contributed by atoms with Gasteiger partial charge < -0.3 is 4.40 Å². The van der Waals surface area contributed by atoms with E-state index in [0.717, 1.165) is 34.2 Å². The van der Waals surface area contributed by atoms with Crippen molar-refractivity contribution in [2.24, 2.45) is 0 Å². The van der Waals surface area contributed by atoms with Crippen LogP contribution in [0.2, 0.25) is 0 Å². The van der Waals surface area contributed by atoms with Crippen LogP contribution in [0.25, 0.3) is 27.9 Å². The molecule has 1 aromatic carbocycles. The molecule has 0 aliphatic rings. The molecule has 0 aliphatic carbocycles. The number of anilines is 1. The lowest BCUT2D eigenvalue weighted by molar-refractivity contribution is 0.607. The number of pyridine rings is 2. The molecule has 0 unspecified atom stereocenters. The predicted octanol–water partition coefficient (Wildman–Crippen LogP) is 3.43. The standard InChI is InChI=1S/C19H16N4O2S/c1-26(24,25)22-16-6-4-14(5-7-16)17-11-19-21-9-10-23(19)13-18(17)15-3-2-8-20-12-15/h2-13,22H,1H3. The molecule has 0 amide bonds. The molecule has 3 aromatic heterocycles. The summed E-state index contributed by atoms with van der Waals surface area (Å²) < 4.78 is 27.2. The lowest BCUT2D eigenvalue weighted by Gasteiger charge is -2.12. The maximum absolute atomic E-state index is 11.4. The molecule has 4 rings (SSSR count). The number of hydrogen-bond donors (Lipinski definition) is 1. The Bertz CT molecular complexity index is 1170. The van der Waals surface area contributed by atoms with Gasteiger partial charge in [0.25, 0.3) is 0 Å². The molecule has 26 heavy (non-hydrogen) atoms. The van der Waals surface area contributed by atoms with Crippen LogP contribution in [-0.4, -0.2) is 29.0 Å². The fourth-order valence-corrected chi connectivity index (χ4v) is 3.45. The SMILES string of the molecule is CS(=O)(=O)Nc1ccc(-c2cc3nccn3cc2-c2cccnc2)cc1. The topological polar surface area (TPSA) is 76.4 Å². The third-order valence-corrected chi connectivity index (χ3v) is 4.61. The third kappa shape index (κ3) is 3.29. The molecule has 0 spiro atoms. The maximum Gasteiger partial charge on any atom is 0.229 e. The first-order chi connectivity index (χ1) is 12.5. The van der Waals surface area contributed by atoms with Crippen LogP contribution in [0.4, 0.5) is 5.69 Å². The van der Waals surface area contributed by atoms with E-state index < -0.39 is 10.0 Å². The zero-order valence-corrected chi connectivity index (χ0v) is 14.8. The van der Waals surface area contributed by atoms with Gasteiger partial charge in [-0.15, -0.1) is 0 Å². The summed E-state index contributed by atoms with van der Waals surface area (Å²) in [6.45, 7) is 0. The summed E-state index contributed by atoms with van der Waals surface area (Å²) in [4.78, 5) is 8.58. The van der Waals surface area contributed by atoms with Crippen molar-refractivity contribution in [3.8, 4) is 22.3 Å². The fourth-order valence-electron chi connectivity index (χ4n) is 2.88. The second-order valence-corrected chi connectivity index (χ2v) is 7.74. The minimum Gasteiger partial charge on any atom is -0.306 e. The average Bonchev–Trinajstić information content (AvgIpc) is 3.08. The molecule has 7 heteroatoms. The Kier molecular flexibility index (Phi) is 3.93. The number of benzene rings is 1. The molecule has 0 saturated heterocycles. The summed E-state index contributed by atoms with van der Waals surface area (Å²) in [6, 6.07) is 13.2. The van der Waals surface area contributed by atoms with Crippen molar-refractivity contribution >= 4 is 21.4 Å². The Morgan fingerprint density at radius 2 is 1.81 bits per heavy atom. The van der Waals surface area contributed by atoms with E-state index in [1.165, 1.54) is 0 Å². The Morgan fingerprint density at radius 1 is 1.00 bits per heavy atom. The minimum atomic E-state index is -3.30. The van der Waals surface area contributed by atoms with Crippen molar-refractivity contribution in [2.75, 3.05) is 11.0 Å². The van der Waals surface area contributed by atoms with E-state index in [0.29, 0.717) is 5.69 Å². The molecule has 130 valence electrons. The second-order valence-electron chi connectivity index (χ2n) is 5.99. The average molecular weight is 364 g/mol. The first-order valence-electron chi connectivity index (χ1n) is 7.95. The molecular weight excluding hydrogens is 348 g/mol. The fraction of sp³-hybridized carbons (Fsp3) is 0.0526. The van der Waals surface area contributed by atoms with Crippen molar-refractivity contribution < 1.29 is 8.42 Å². The lowest BCUT2D eigenvalue weighted by Crippen LogP contribution is -2.09. The number of nitrogens with zero attached hydrogens (tertiary/aromatic N) is 3. The highest BCUT2D eigenvalue weighted by Crippen LogP contribution is 2.33. The Hall–Kier alpha value is -3.19. The van der Waals surface area contributed by atoms with Crippen LogP contribution in [0, 0.1) is 0 Å². The molecule has 0 atom stereocenters. The molecule has 4 aromatic rings. The summed E-state index contributed by atoms with van der Waals surface area (Å²) in [5.41, 5.74) is 5.35. The molecule has 0 saturated carbocycles. The van der Waals surface area contributed by atoms with Crippen molar-refractivity contribution in [2.45, 2.75) is 0 Å². The zero-order valence-electron chi connectivity index (χ0n) is 14.0. The largest absolute Gasteiger partial charge is 0.306 e. The van der Waals surface area contributed by atoms with Gasteiger partial charge in [0, 0.05) is 47.8 Å². The van der Waals surface area contributed by atoms with E-state index in [2.05, 4.69) is 14.7 Å². The van der Waals surface area contributed by atoms with Crippen molar-refractivity contribution in [1.29, 1.82) is 0 Å². The second kappa shape index (κ2) is 6.27. The quantitative estimate of drug-likeness (QED) is 0.602. The summed E-state index contributed by atoms with van der Waals surface area (Å²) in [5.74, 6) is 0. The number of sulfonamides is 1. The third-order valence-electron chi connectivity index (χ3n) is 4.00. The highest BCUT2D eigenvalue weighted by molar-refractivity contribution is 7.92. The number of rotatable bonds is 4. The van der Waals surface area contributed by atoms with Crippen molar-refractivity contribution in [3.63, 3.8) is 0 Å². The van der Waals surface area contributed by atoms with Crippen LogP contribution >= 0.6 is 0 Å². The van der Waals surface area contributed by atoms with E-state index in [-0.39, 0.29) is 0 Å².